The van der Waals surface area contributed by atoms with Crippen molar-refractivity contribution in [1.29, 1.82) is 0 Å². The number of aliphatic carboxylic acids is 1. The number of ether oxygens (including phenoxy) is 1. The molecule has 6 heteroatoms. The Morgan fingerprint density at radius 1 is 1.26 bits per heavy atom. The quantitative estimate of drug-likeness (QED) is 0.664. The van der Waals surface area contributed by atoms with Gasteiger partial charge in [0.2, 0.25) is 0 Å². The minimum atomic E-state index is -1.12. The number of carboxylic acids is 1. The van der Waals surface area contributed by atoms with Gasteiger partial charge in [-0.15, -0.1) is 6.58 Å². The highest BCUT2D eigenvalue weighted by Crippen LogP contribution is 2.33. The minimum Gasteiger partial charge on any atom is -0.480 e. The number of benzene rings is 1. The van der Waals surface area contributed by atoms with E-state index in [0.717, 1.165) is 22.2 Å². The summed E-state index contributed by atoms with van der Waals surface area (Å²) in [7, 11) is 0. The van der Waals surface area contributed by atoms with Crippen LogP contribution in [0.15, 0.2) is 36.9 Å². The van der Waals surface area contributed by atoms with Gasteiger partial charge in [-0.3, -0.25) is 0 Å². The third-order valence-corrected chi connectivity index (χ3v) is 4.37. The number of amides is 1. The van der Waals surface area contributed by atoms with Crippen LogP contribution in [-0.4, -0.2) is 33.8 Å². The zero-order chi connectivity index (χ0) is 20.4. The minimum absolute atomic E-state index is 0.130. The fraction of sp³-hybridized carbons (Fsp3) is 0.429. The first-order chi connectivity index (χ1) is 12.4. The highest BCUT2D eigenvalue weighted by Gasteiger charge is 2.30. The highest BCUT2D eigenvalue weighted by molar-refractivity contribution is 5.87. The molecule has 27 heavy (non-hydrogen) atoms. The lowest BCUT2D eigenvalue weighted by Gasteiger charge is -2.24. The molecule has 0 aliphatic rings. The van der Waals surface area contributed by atoms with Gasteiger partial charge in [-0.25, -0.2) is 9.59 Å². The Labute approximate surface area is 159 Å². The van der Waals surface area contributed by atoms with Gasteiger partial charge in [0.15, 0.2) is 0 Å². The Morgan fingerprint density at radius 3 is 2.44 bits per heavy atom. The predicted octanol–water partition coefficient (Wildman–Crippen LogP) is 4.15. The van der Waals surface area contributed by atoms with Crippen molar-refractivity contribution in [3.8, 4) is 0 Å². The molecule has 146 valence electrons. The van der Waals surface area contributed by atoms with Crippen molar-refractivity contribution in [1.82, 2.24) is 10.3 Å². The molecule has 6 nitrogen and oxygen atoms in total. The number of alkyl carbamates (subject to hydrolysis) is 1. The zero-order valence-electron chi connectivity index (χ0n) is 16.6. The van der Waals surface area contributed by atoms with Crippen molar-refractivity contribution in [2.45, 2.75) is 58.1 Å². The second kappa shape index (κ2) is 7.47. The summed E-state index contributed by atoms with van der Waals surface area (Å²) in [5.41, 5.74) is 1.56. The fourth-order valence-electron chi connectivity index (χ4n) is 2.92. The van der Waals surface area contributed by atoms with Crippen molar-refractivity contribution < 1.29 is 19.4 Å². The van der Waals surface area contributed by atoms with Crippen molar-refractivity contribution in [2.24, 2.45) is 0 Å². The molecular weight excluding hydrogens is 344 g/mol. The molecular formula is C21H28N2O4. The van der Waals surface area contributed by atoms with Gasteiger partial charge in [-0.2, -0.15) is 0 Å². The van der Waals surface area contributed by atoms with E-state index in [0.29, 0.717) is 0 Å². The number of carbonyl (C=O) groups excluding carboxylic acids is 1. The Balaban J connectivity index is 2.41. The Bertz CT molecular complexity index is 859. The fourth-order valence-corrected chi connectivity index (χ4v) is 2.92. The number of allylic oxidation sites excluding steroid dienone is 1. The van der Waals surface area contributed by atoms with Gasteiger partial charge < -0.3 is 20.1 Å². The maximum atomic E-state index is 12.1. The standard InChI is InChI=1S/C21H28N2O4/c1-7-21(5,6)17-14(13-10-8-9-11-15(13)22-17)12-16(18(24)25)23-19(26)27-20(2,3)4/h7-11,16,22H,1,12H2,2-6H3,(H,23,26)(H,24,25)/t16-/m0/s1. The molecule has 0 aliphatic carbocycles. The van der Waals surface area contributed by atoms with Gasteiger partial charge in [0, 0.05) is 28.4 Å². The van der Waals surface area contributed by atoms with Crippen LogP contribution in [0.4, 0.5) is 4.79 Å². The van der Waals surface area contributed by atoms with Crippen molar-refractivity contribution >= 4 is 23.0 Å². The molecule has 2 aromatic rings. The number of fused-ring (bicyclic) bond motifs is 1. The normalized spacial score (nSPS) is 13.2. The van der Waals surface area contributed by atoms with Crippen LogP contribution in [0.2, 0.25) is 0 Å². The summed E-state index contributed by atoms with van der Waals surface area (Å²) in [4.78, 5) is 27.3. The van der Waals surface area contributed by atoms with Gasteiger partial charge in [-0.1, -0.05) is 38.1 Å². The van der Waals surface area contributed by atoms with Crippen molar-refractivity contribution in [2.75, 3.05) is 0 Å². The number of rotatable bonds is 6. The number of hydrogen-bond acceptors (Lipinski definition) is 3. The van der Waals surface area contributed by atoms with Crippen LogP contribution in [0.1, 0.15) is 45.9 Å². The summed E-state index contributed by atoms with van der Waals surface area (Å²) >= 11 is 0. The lowest BCUT2D eigenvalue weighted by Crippen LogP contribution is -2.44. The van der Waals surface area contributed by atoms with E-state index >= 15 is 0 Å². The highest BCUT2D eigenvalue weighted by atomic mass is 16.6. The molecule has 0 radical (unpaired) electrons. The summed E-state index contributed by atoms with van der Waals surface area (Å²) in [6, 6.07) is 6.59. The number of carboxylic acid groups (broad SMARTS) is 1. The monoisotopic (exact) mass is 372 g/mol. The van der Waals surface area contributed by atoms with Crippen LogP contribution in [-0.2, 0) is 21.4 Å². The van der Waals surface area contributed by atoms with Gasteiger partial charge in [-0.05, 0) is 32.4 Å². The summed E-state index contributed by atoms with van der Waals surface area (Å²) in [5.74, 6) is -1.12. The van der Waals surface area contributed by atoms with E-state index < -0.39 is 23.7 Å². The van der Waals surface area contributed by atoms with Crippen LogP contribution in [0.25, 0.3) is 10.9 Å². The van der Waals surface area contributed by atoms with Gasteiger partial charge in [0.1, 0.15) is 11.6 Å². The van der Waals surface area contributed by atoms with Gasteiger partial charge in [0.05, 0.1) is 0 Å². The second-order valence-electron chi connectivity index (χ2n) is 8.19. The summed E-state index contributed by atoms with van der Waals surface area (Å²) in [6.45, 7) is 13.1. The molecule has 0 bridgehead atoms. The van der Waals surface area contributed by atoms with E-state index in [1.54, 1.807) is 20.8 Å². The number of aromatic amines is 1. The van der Waals surface area contributed by atoms with E-state index in [4.69, 9.17) is 4.74 Å². The maximum Gasteiger partial charge on any atom is 0.408 e. The van der Waals surface area contributed by atoms with Crippen molar-refractivity contribution in [3.63, 3.8) is 0 Å². The number of hydrogen-bond donors (Lipinski definition) is 3. The molecule has 0 saturated heterocycles. The third kappa shape index (κ3) is 4.90. The molecule has 1 atom stereocenters. The van der Waals surface area contributed by atoms with Gasteiger partial charge in [0.25, 0.3) is 0 Å². The Kier molecular flexibility index (Phi) is 5.68. The first-order valence-electron chi connectivity index (χ1n) is 8.90. The number of para-hydroxylation sites is 1. The third-order valence-electron chi connectivity index (χ3n) is 4.37. The number of nitrogens with one attached hydrogen (secondary N) is 2. The topological polar surface area (TPSA) is 91.4 Å². The molecule has 0 aliphatic heterocycles. The maximum absolute atomic E-state index is 12.1. The summed E-state index contributed by atoms with van der Waals surface area (Å²) < 4.78 is 5.21. The van der Waals surface area contributed by atoms with E-state index in [2.05, 4.69) is 16.9 Å². The van der Waals surface area contributed by atoms with E-state index in [1.807, 2.05) is 44.2 Å². The molecule has 1 heterocycles. The Morgan fingerprint density at radius 2 is 1.89 bits per heavy atom. The van der Waals surface area contributed by atoms with E-state index in [9.17, 15) is 14.7 Å². The number of H-pyrrole nitrogens is 1. The molecule has 1 aromatic carbocycles. The molecule has 1 aromatic heterocycles. The Hall–Kier alpha value is -2.76. The first kappa shape index (κ1) is 20.6. The van der Waals surface area contributed by atoms with Crippen LogP contribution in [0, 0.1) is 0 Å². The lowest BCUT2D eigenvalue weighted by molar-refractivity contribution is -0.139. The number of carbonyl (C=O) groups is 2. The SMILES string of the molecule is C=CC(C)(C)c1[nH]c2ccccc2c1C[C@H](NC(=O)OC(C)(C)C)C(=O)O. The van der Waals surface area contributed by atoms with Crippen molar-refractivity contribution in [3.05, 3.63) is 48.2 Å². The zero-order valence-corrected chi connectivity index (χ0v) is 16.6. The molecule has 2 rings (SSSR count). The second-order valence-corrected chi connectivity index (χ2v) is 8.19. The van der Waals surface area contributed by atoms with Crippen LogP contribution >= 0.6 is 0 Å². The molecule has 0 unspecified atom stereocenters. The molecule has 1 amide bonds. The number of aromatic nitrogens is 1. The average molecular weight is 372 g/mol. The molecule has 0 saturated carbocycles. The lowest BCUT2D eigenvalue weighted by atomic mass is 9.85. The molecule has 0 fully saturated rings. The molecule has 3 N–H and O–H groups in total. The average Bonchev–Trinajstić information content (AvgIpc) is 2.92. The van der Waals surface area contributed by atoms with Crippen LogP contribution < -0.4 is 5.32 Å². The summed E-state index contributed by atoms with van der Waals surface area (Å²) in [5, 5.41) is 13.0. The predicted molar refractivity (Wildman–Crippen MR) is 106 cm³/mol. The van der Waals surface area contributed by atoms with Gasteiger partial charge >= 0.3 is 12.1 Å². The summed E-state index contributed by atoms with van der Waals surface area (Å²) in [6.07, 6.45) is 1.20. The smallest absolute Gasteiger partial charge is 0.408 e. The van der Waals surface area contributed by atoms with E-state index in [1.165, 1.54) is 0 Å². The first-order valence-corrected chi connectivity index (χ1v) is 8.90. The van der Waals surface area contributed by atoms with Crippen LogP contribution in [0.3, 0.4) is 0 Å². The van der Waals surface area contributed by atoms with Crippen LogP contribution in [0.5, 0.6) is 0 Å². The largest absolute Gasteiger partial charge is 0.480 e. The molecule has 0 spiro atoms. The van der Waals surface area contributed by atoms with E-state index in [-0.39, 0.29) is 11.8 Å².